The van der Waals surface area contributed by atoms with Crippen LogP contribution in [0.3, 0.4) is 0 Å². The van der Waals surface area contributed by atoms with Crippen LogP contribution in [0.1, 0.15) is 51.4 Å². The number of aliphatic imine (C=N–C) groups is 1. The summed E-state index contributed by atoms with van der Waals surface area (Å²) in [6.07, 6.45) is 9.55. The second-order valence-corrected chi connectivity index (χ2v) is 6.88. The van der Waals surface area contributed by atoms with Crippen LogP contribution in [0.15, 0.2) is 4.99 Å². The Labute approximate surface area is 115 Å². The zero-order chi connectivity index (χ0) is 13.3. The van der Waals surface area contributed by atoms with Crippen molar-refractivity contribution in [3.8, 4) is 0 Å². The summed E-state index contributed by atoms with van der Waals surface area (Å²) in [4.78, 5) is 4.38. The van der Waals surface area contributed by atoms with E-state index in [9.17, 15) is 5.11 Å². The summed E-state index contributed by atoms with van der Waals surface area (Å²) in [5.41, 5.74) is 5.44. The first-order valence-electron chi connectivity index (χ1n) is 7.92. The zero-order valence-electron chi connectivity index (χ0n) is 11.8. The van der Waals surface area contributed by atoms with Crippen LogP contribution < -0.4 is 11.1 Å². The van der Waals surface area contributed by atoms with Crippen molar-refractivity contribution < 1.29 is 5.11 Å². The van der Waals surface area contributed by atoms with Crippen molar-refractivity contribution in [2.45, 2.75) is 57.0 Å². The lowest BCUT2D eigenvalue weighted by Gasteiger charge is -2.32. The Morgan fingerprint density at radius 1 is 1.32 bits per heavy atom. The van der Waals surface area contributed by atoms with Crippen molar-refractivity contribution in [1.29, 1.82) is 0 Å². The number of aliphatic hydroxyl groups is 1. The van der Waals surface area contributed by atoms with Gasteiger partial charge in [0.1, 0.15) is 0 Å². The van der Waals surface area contributed by atoms with E-state index in [0.717, 1.165) is 37.8 Å². The maximum atomic E-state index is 10.6. The largest absolute Gasteiger partial charge is 0.390 e. The lowest BCUT2D eigenvalue weighted by atomic mass is 9.82. The molecule has 0 aromatic heterocycles. The Balaban J connectivity index is 1.38. The number of nitrogens with zero attached hydrogens (tertiary/aromatic N) is 1. The molecule has 0 saturated heterocycles. The molecule has 3 rings (SSSR count). The normalized spacial score (nSPS) is 38.5. The lowest BCUT2D eigenvalue weighted by Crippen LogP contribution is -2.41. The van der Waals surface area contributed by atoms with Crippen molar-refractivity contribution >= 4 is 5.96 Å². The summed E-state index contributed by atoms with van der Waals surface area (Å²) in [5.74, 6) is 2.63. The molecule has 4 N–H and O–H groups in total. The summed E-state index contributed by atoms with van der Waals surface area (Å²) < 4.78 is 0. The third-order valence-electron chi connectivity index (χ3n) is 5.55. The highest BCUT2D eigenvalue weighted by atomic mass is 16.3. The van der Waals surface area contributed by atoms with Gasteiger partial charge in [0.05, 0.1) is 5.60 Å². The monoisotopic (exact) mass is 265 g/mol. The van der Waals surface area contributed by atoms with E-state index in [1.807, 2.05) is 0 Å². The summed E-state index contributed by atoms with van der Waals surface area (Å²) >= 11 is 0. The maximum absolute atomic E-state index is 10.6. The molecule has 4 nitrogen and oxygen atoms in total. The number of nitrogens with one attached hydrogen (secondary N) is 1. The molecule has 3 unspecified atom stereocenters. The van der Waals surface area contributed by atoms with Gasteiger partial charge in [0.25, 0.3) is 0 Å². The fraction of sp³-hybridized carbons (Fsp3) is 0.933. The van der Waals surface area contributed by atoms with E-state index in [0.29, 0.717) is 11.9 Å². The second kappa shape index (κ2) is 5.31. The quantitative estimate of drug-likeness (QED) is 0.523. The highest BCUT2D eigenvalue weighted by Gasteiger charge is 2.49. The lowest BCUT2D eigenvalue weighted by molar-refractivity contribution is -0.0191. The van der Waals surface area contributed by atoms with E-state index in [1.54, 1.807) is 0 Å². The Bertz CT molecular complexity index is 353. The molecule has 0 heterocycles. The number of guanidine groups is 1. The predicted octanol–water partition coefficient (Wildman–Crippen LogP) is 1.63. The van der Waals surface area contributed by atoms with Gasteiger partial charge in [-0.25, -0.2) is 0 Å². The van der Waals surface area contributed by atoms with Gasteiger partial charge in [-0.2, -0.15) is 0 Å². The minimum absolute atomic E-state index is 0.426. The van der Waals surface area contributed by atoms with E-state index < -0.39 is 5.60 Å². The number of rotatable bonds is 5. The molecule has 19 heavy (non-hydrogen) atoms. The van der Waals surface area contributed by atoms with E-state index in [-0.39, 0.29) is 0 Å². The third-order valence-corrected chi connectivity index (χ3v) is 5.55. The molecule has 3 aliphatic carbocycles. The van der Waals surface area contributed by atoms with Crippen LogP contribution in [-0.4, -0.2) is 29.8 Å². The summed E-state index contributed by atoms with van der Waals surface area (Å²) in [5, 5.41) is 13.8. The Hall–Kier alpha value is -0.770. The molecule has 3 saturated carbocycles. The van der Waals surface area contributed by atoms with Gasteiger partial charge in [0.2, 0.25) is 0 Å². The first-order chi connectivity index (χ1) is 9.16. The molecule has 4 heteroatoms. The van der Waals surface area contributed by atoms with E-state index >= 15 is 0 Å². The fourth-order valence-corrected chi connectivity index (χ4v) is 4.09. The molecule has 0 spiro atoms. The van der Waals surface area contributed by atoms with Gasteiger partial charge in [-0.3, -0.25) is 4.99 Å². The Kier molecular flexibility index (Phi) is 3.70. The van der Waals surface area contributed by atoms with Crippen LogP contribution in [0.25, 0.3) is 0 Å². The molecule has 2 bridgehead atoms. The minimum atomic E-state index is -0.426. The maximum Gasteiger partial charge on any atom is 0.188 e. The number of hydrogen-bond donors (Lipinski definition) is 3. The molecule has 3 fully saturated rings. The van der Waals surface area contributed by atoms with Crippen LogP contribution in [0.5, 0.6) is 0 Å². The SMILES string of the molecule is NC(=NCC1CCC1)NCCC1(O)CC2CCC1C2. The van der Waals surface area contributed by atoms with Crippen molar-refractivity contribution in [1.82, 2.24) is 5.32 Å². The molecule has 108 valence electrons. The van der Waals surface area contributed by atoms with Crippen molar-refractivity contribution in [3.63, 3.8) is 0 Å². The van der Waals surface area contributed by atoms with Crippen LogP contribution in [0.4, 0.5) is 0 Å². The van der Waals surface area contributed by atoms with Crippen molar-refractivity contribution in [2.24, 2.45) is 28.5 Å². The van der Waals surface area contributed by atoms with Gasteiger partial charge in [-0.1, -0.05) is 6.42 Å². The number of fused-ring (bicyclic) bond motifs is 2. The smallest absolute Gasteiger partial charge is 0.188 e. The molecule has 0 aromatic carbocycles. The standard InChI is InChI=1S/C15H27N3O/c16-14(18-10-11-2-1-3-11)17-7-6-15(19)9-12-4-5-13(15)8-12/h11-13,19H,1-10H2,(H3,16,17,18). The van der Waals surface area contributed by atoms with Crippen LogP contribution in [0, 0.1) is 17.8 Å². The first-order valence-corrected chi connectivity index (χ1v) is 7.92. The fourth-order valence-electron chi connectivity index (χ4n) is 4.09. The summed E-state index contributed by atoms with van der Waals surface area (Å²) in [6, 6.07) is 0. The average molecular weight is 265 g/mol. The molecular formula is C15H27N3O. The third kappa shape index (κ3) is 2.88. The van der Waals surface area contributed by atoms with E-state index in [4.69, 9.17) is 5.73 Å². The van der Waals surface area contributed by atoms with Gasteiger partial charge >= 0.3 is 0 Å². The Morgan fingerprint density at radius 2 is 2.16 bits per heavy atom. The summed E-state index contributed by atoms with van der Waals surface area (Å²) in [7, 11) is 0. The van der Waals surface area contributed by atoms with Gasteiger partial charge < -0.3 is 16.2 Å². The molecule has 0 radical (unpaired) electrons. The first kappa shape index (κ1) is 13.2. The molecule has 0 aliphatic heterocycles. The van der Waals surface area contributed by atoms with Gasteiger partial charge in [0, 0.05) is 13.1 Å². The van der Waals surface area contributed by atoms with Crippen molar-refractivity contribution in [2.75, 3.05) is 13.1 Å². The number of hydrogen-bond acceptors (Lipinski definition) is 2. The molecule has 0 amide bonds. The van der Waals surface area contributed by atoms with Crippen molar-refractivity contribution in [3.05, 3.63) is 0 Å². The average Bonchev–Trinajstić information content (AvgIpc) is 2.86. The molecule has 0 aromatic rings. The van der Waals surface area contributed by atoms with E-state index in [1.165, 1.54) is 38.5 Å². The van der Waals surface area contributed by atoms with Gasteiger partial charge in [0.15, 0.2) is 5.96 Å². The zero-order valence-corrected chi connectivity index (χ0v) is 11.8. The highest BCUT2D eigenvalue weighted by molar-refractivity contribution is 5.77. The highest BCUT2D eigenvalue weighted by Crippen LogP contribution is 2.51. The summed E-state index contributed by atoms with van der Waals surface area (Å²) in [6.45, 7) is 1.62. The predicted molar refractivity (Wildman–Crippen MR) is 76.8 cm³/mol. The van der Waals surface area contributed by atoms with Crippen LogP contribution >= 0.6 is 0 Å². The van der Waals surface area contributed by atoms with Gasteiger partial charge in [-0.15, -0.1) is 0 Å². The topological polar surface area (TPSA) is 70.6 Å². The molecule has 3 atom stereocenters. The van der Waals surface area contributed by atoms with Crippen LogP contribution in [0.2, 0.25) is 0 Å². The Morgan fingerprint density at radius 3 is 2.74 bits per heavy atom. The van der Waals surface area contributed by atoms with Gasteiger partial charge in [-0.05, 0) is 62.7 Å². The van der Waals surface area contributed by atoms with Crippen LogP contribution in [-0.2, 0) is 0 Å². The second-order valence-electron chi connectivity index (χ2n) is 6.88. The minimum Gasteiger partial charge on any atom is -0.390 e. The molecular weight excluding hydrogens is 238 g/mol. The molecule has 3 aliphatic rings. The van der Waals surface area contributed by atoms with E-state index in [2.05, 4.69) is 10.3 Å². The number of nitrogens with two attached hydrogens (primary N) is 1.